The summed E-state index contributed by atoms with van der Waals surface area (Å²) < 4.78 is 5.81. The van der Waals surface area contributed by atoms with Crippen LogP contribution in [0, 0.1) is 0 Å². The van der Waals surface area contributed by atoms with Gasteiger partial charge in [-0.25, -0.2) is 0 Å². The maximum atomic E-state index is 12.5. The molecular formula is C15H28N2O2. The predicted molar refractivity (Wildman–Crippen MR) is 76.1 cm³/mol. The number of rotatable bonds is 5. The molecule has 2 rings (SSSR count). The Bertz CT molecular complexity index is 311. The molecule has 0 aromatic heterocycles. The number of amides is 1. The second kappa shape index (κ2) is 6.23. The molecule has 0 aliphatic heterocycles. The van der Waals surface area contributed by atoms with Crippen LogP contribution in [0.15, 0.2) is 0 Å². The average Bonchev–Trinajstić information content (AvgIpc) is 2.99. The maximum Gasteiger partial charge on any atom is 0.252 e. The first-order chi connectivity index (χ1) is 9.07. The average molecular weight is 268 g/mol. The van der Waals surface area contributed by atoms with Gasteiger partial charge in [-0.2, -0.15) is 0 Å². The highest BCUT2D eigenvalue weighted by Gasteiger charge is 2.43. The SMILES string of the molecule is CCOC1(C(=O)N[C@@H]2CC[C@H](N(C)C)C2)CCCC1. The van der Waals surface area contributed by atoms with Gasteiger partial charge in [0.1, 0.15) is 5.60 Å². The van der Waals surface area contributed by atoms with Crippen LogP contribution in [0.2, 0.25) is 0 Å². The van der Waals surface area contributed by atoms with Crippen LogP contribution >= 0.6 is 0 Å². The van der Waals surface area contributed by atoms with Gasteiger partial charge in [0, 0.05) is 18.7 Å². The first-order valence-electron chi connectivity index (χ1n) is 7.69. The molecule has 4 heteroatoms. The Labute approximate surface area is 116 Å². The Morgan fingerprint density at radius 3 is 2.53 bits per heavy atom. The molecule has 110 valence electrons. The molecule has 0 radical (unpaired) electrons. The van der Waals surface area contributed by atoms with Gasteiger partial charge in [-0.15, -0.1) is 0 Å². The van der Waals surface area contributed by atoms with Crippen LogP contribution in [0.3, 0.4) is 0 Å². The smallest absolute Gasteiger partial charge is 0.252 e. The van der Waals surface area contributed by atoms with Crippen LogP contribution in [0.25, 0.3) is 0 Å². The molecule has 0 aromatic rings. The van der Waals surface area contributed by atoms with Crippen molar-refractivity contribution >= 4 is 5.91 Å². The highest BCUT2D eigenvalue weighted by molar-refractivity contribution is 5.85. The van der Waals surface area contributed by atoms with Crippen molar-refractivity contribution in [3.05, 3.63) is 0 Å². The molecule has 2 atom stereocenters. The third-order valence-electron chi connectivity index (χ3n) is 4.72. The number of carbonyl (C=O) groups excluding carboxylic acids is 1. The van der Waals surface area contributed by atoms with Crippen molar-refractivity contribution in [2.45, 2.75) is 69.6 Å². The lowest BCUT2D eigenvalue weighted by atomic mass is 10.00. The Kier molecular flexibility index (Phi) is 4.85. The van der Waals surface area contributed by atoms with E-state index in [4.69, 9.17) is 4.74 Å². The first-order valence-corrected chi connectivity index (χ1v) is 7.69. The molecule has 4 nitrogen and oxygen atoms in total. The van der Waals surface area contributed by atoms with Crippen LogP contribution in [-0.2, 0) is 9.53 Å². The summed E-state index contributed by atoms with van der Waals surface area (Å²) in [5.41, 5.74) is -0.523. The first kappa shape index (κ1) is 14.8. The van der Waals surface area contributed by atoms with Crippen molar-refractivity contribution in [3.63, 3.8) is 0 Å². The van der Waals surface area contributed by atoms with E-state index in [-0.39, 0.29) is 5.91 Å². The van der Waals surface area contributed by atoms with Gasteiger partial charge in [0.05, 0.1) is 0 Å². The molecule has 1 amide bonds. The highest BCUT2D eigenvalue weighted by Crippen LogP contribution is 2.34. The van der Waals surface area contributed by atoms with E-state index in [1.165, 1.54) is 6.42 Å². The number of ether oxygens (including phenoxy) is 1. The van der Waals surface area contributed by atoms with Crippen molar-refractivity contribution in [3.8, 4) is 0 Å². The molecular weight excluding hydrogens is 240 g/mol. The summed E-state index contributed by atoms with van der Waals surface area (Å²) in [6.07, 6.45) is 7.33. The Morgan fingerprint density at radius 2 is 2.00 bits per heavy atom. The van der Waals surface area contributed by atoms with E-state index in [1.807, 2.05) is 6.92 Å². The van der Waals surface area contributed by atoms with Crippen molar-refractivity contribution < 1.29 is 9.53 Å². The normalized spacial score (nSPS) is 29.9. The lowest BCUT2D eigenvalue weighted by molar-refractivity contribution is -0.146. The highest BCUT2D eigenvalue weighted by atomic mass is 16.5. The van der Waals surface area contributed by atoms with Crippen LogP contribution in [0.5, 0.6) is 0 Å². The van der Waals surface area contributed by atoms with E-state index >= 15 is 0 Å². The van der Waals surface area contributed by atoms with E-state index in [2.05, 4.69) is 24.3 Å². The molecule has 0 spiro atoms. The fraction of sp³-hybridized carbons (Fsp3) is 0.933. The van der Waals surface area contributed by atoms with Crippen molar-refractivity contribution in [1.29, 1.82) is 0 Å². The Hall–Kier alpha value is -0.610. The van der Waals surface area contributed by atoms with Crippen molar-refractivity contribution in [2.24, 2.45) is 0 Å². The lowest BCUT2D eigenvalue weighted by Crippen LogP contribution is -2.50. The summed E-state index contributed by atoms with van der Waals surface area (Å²) in [6.45, 7) is 2.60. The fourth-order valence-corrected chi connectivity index (χ4v) is 3.53. The minimum absolute atomic E-state index is 0.135. The summed E-state index contributed by atoms with van der Waals surface area (Å²) >= 11 is 0. The van der Waals surface area contributed by atoms with Gasteiger partial charge in [-0.1, -0.05) is 0 Å². The van der Waals surface area contributed by atoms with E-state index in [1.54, 1.807) is 0 Å². The number of nitrogens with one attached hydrogen (secondary N) is 1. The van der Waals surface area contributed by atoms with Crippen LogP contribution in [-0.4, -0.2) is 49.2 Å². The van der Waals surface area contributed by atoms with E-state index in [0.717, 1.165) is 38.5 Å². The summed E-state index contributed by atoms with van der Waals surface area (Å²) in [6, 6.07) is 0.940. The Morgan fingerprint density at radius 1 is 1.32 bits per heavy atom. The summed E-state index contributed by atoms with van der Waals surface area (Å²) in [4.78, 5) is 14.8. The molecule has 0 saturated heterocycles. The molecule has 2 aliphatic rings. The van der Waals surface area contributed by atoms with Gasteiger partial charge < -0.3 is 15.0 Å². The molecule has 0 unspecified atom stereocenters. The van der Waals surface area contributed by atoms with Gasteiger partial charge in [-0.05, 0) is 66.0 Å². The predicted octanol–water partition coefficient (Wildman–Crippen LogP) is 1.93. The molecule has 1 N–H and O–H groups in total. The number of nitrogens with zero attached hydrogens (tertiary/aromatic N) is 1. The van der Waals surface area contributed by atoms with Gasteiger partial charge in [0.2, 0.25) is 0 Å². The minimum Gasteiger partial charge on any atom is -0.365 e. The maximum absolute atomic E-state index is 12.5. The monoisotopic (exact) mass is 268 g/mol. The van der Waals surface area contributed by atoms with Crippen molar-refractivity contribution in [2.75, 3.05) is 20.7 Å². The third kappa shape index (κ3) is 3.29. The van der Waals surface area contributed by atoms with Crippen LogP contribution < -0.4 is 5.32 Å². The second-order valence-electron chi connectivity index (χ2n) is 6.24. The summed E-state index contributed by atoms with van der Waals surface area (Å²) in [5.74, 6) is 0.135. The lowest BCUT2D eigenvalue weighted by Gasteiger charge is -2.29. The minimum atomic E-state index is -0.523. The van der Waals surface area contributed by atoms with Crippen LogP contribution in [0.4, 0.5) is 0 Å². The van der Waals surface area contributed by atoms with Gasteiger partial charge in [0.25, 0.3) is 5.91 Å². The zero-order chi connectivity index (χ0) is 13.9. The largest absolute Gasteiger partial charge is 0.365 e. The zero-order valence-corrected chi connectivity index (χ0v) is 12.6. The number of carbonyl (C=O) groups is 1. The van der Waals surface area contributed by atoms with Crippen molar-refractivity contribution in [1.82, 2.24) is 10.2 Å². The van der Waals surface area contributed by atoms with Gasteiger partial charge in [-0.3, -0.25) is 4.79 Å². The van der Waals surface area contributed by atoms with E-state index < -0.39 is 5.60 Å². The van der Waals surface area contributed by atoms with Gasteiger partial charge in [0.15, 0.2) is 0 Å². The molecule has 0 aromatic carbocycles. The number of hydrogen-bond donors (Lipinski definition) is 1. The topological polar surface area (TPSA) is 41.6 Å². The molecule has 2 saturated carbocycles. The standard InChI is InChI=1S/C15H28N2O2/c1-4-19-15(9-5-6-10-15)14(18)16-12-7-8-13(11-12)17(2)3/h12-13H,4-11H2,1-3H3,(H,16,18)/t12-,13+/m1/s1. The van der Waals surface area contributed by atoms with E-state index in [0.29, 0.717) is 18.7 Å². The molecule has 2 fully saturated rings. The molecule has 2 aliphatic carbocycles. The summed E-state index contributed by atoms with van der Waals surface area (Å²) in [7, 11) is 4.24. The second-order valence-corrected chi connectivity index (χ2v) is 6.24. The van der Waals surface area contributed by atoms with Crippen LogP contribution in [0.1, 0.15) is 51.9 Å². The van der Waals surface area contributed by atoms with E-state index in [9.17, 15) is 4.79 Å². The third-order valence-corrected chi connectivity index (χ3v) is 4.72. The molecule has 19 heavy (non-hydrogen) atoms. The van der Waals surface area contributed by atoms with Gasteiger partial charge >= 0.3 is 0 Å². The summed E-state index contributed by atoms with van der Waals surface area (Å²) in [5, 5.41) is 3.24. The fourth-order valence-electron chi connectivity index (χ4n) is 3.53. The number of hydrogen-bond acceptors (Lipinski definition) is 3. The quantitative estimate of drug-likeness (QED) is 0.828. The molecule has 0 heterocycles. The molecule has 0 bridgehead atoms. The Balaban J connectivity index is 1.90. The zero-order valence-electron chi connectivity index (χ0n) is 12.6.